The molecule has 0 spiro atoms. The summed E-state index contributed by atoms with van der Waals surface area (Å²) >= 11 is 1.43. The topological polar surface area (TPSA) is 110 Å². The summed E-state index contributed by atoms with van der Waals surface area (Å²) in [5, 5.41) is 16.4. The summed E-state index contributed by atoms with van der Waals surface area (Å²) in [6.07, 6.45) is -0.954. The lowest BCUT2D eigenvalue weighted by molar-refractivity contribution is -0.192. The normalized spacial score (nSPS) is 19.5. The highest BCUT2D eigenvalue weighted by Crippen LogP contribution is 2.23. The van der Waals surface area contributed by atoms with Crippen molar-refractivity contribution in [2.24, 2.45) is 5.92 Å². The van der Waals surface area contributed by atoms with E-state index in [4.69, 9.17) is 14.6 Å². The first kappa shape index (κ1) is 24.1. The van der Waals surface area contributed by atoms with Crippen LogP contribution in [0.3, 0.4) is 0 Å². The molecule has 9 nitrogen and oxygen atoms in total. The Bertz CT molecular complexity index is 884. The van der Waals surface area contributed by atoms with Gasteiger partial charge >= 0.3 is 12.1 Å². The fourth-order valence-electron chi connectivity index (χ4n) is 3.67. The zero-order valence-electron chi connectivity index (χ0n) is 17.1. The van der Waals surface area contributed by atoms with Gasteiger partial charge in [-0.15, -0.1) is 11.3 Å². The summed E-state index contributed by atoms with van der Waals surface area (Å²) in [4.78, 5) is 27.6. The molecule has 4 rings (SSSR count). The number of hydrogen-bond donors (Lipinski definition) is 2. The van der Waals surface area contributed by atoms with Gasteiger partial charge in [-0.3, -0.25) is 14.4 Å². The second-order valence-electron chi connectivity index (χ2n) is 7.56. The number of amides is 1. The number of carbonyl (C=O) groups excluding carboxylic acids is 1. The molecular formula is C19H24F3N5O4S. The highest BCUT2D eigenvalue weighted by Gasteiger charge is 2.38. The molecule has 4 heterocycles. The standard InChI is InChI=1S/C17H23N5O2S.C2HF3O2/c23-17(16-11-25-12-19-16)18-7-15-10-21(8-13-2-5-24-6-3-13)9-14-1-4-20-22(14)15;3-2(4,5)1(6)7/h1,4,11-13,15H,2-3,5-10H2,(H,18,23);(H,6,7). The van der Waals surface area contributed by atoms with Gasteiger partial charge in [0.2, 0.25) is 0 Å². The van der Waals surface area contributed by atoms with E-state index in [1.54, 1.807) is 10.9 Å². The largest absolute Gasteiger partial charge is 0.490 e. The van der Waals surface area contributed by atoms with Gasteiger partial charge in [-0.2, -0.15) is 18.3 Å². The summed E-state index contributed by atoms with van der Waals surface area (Å²) in [6, 6.07) is 2.23. The SMILES string of the molecule is O=C(NCC1CN(CC2CCOCC2)Cc2ccnn21)c1cscn1.O=C(O)C(F)(F)F. The third kappa shape index (κ3) is 6.74. The Balaban J connectivity index is 0.000000360. The number of carboxylic acids is 1. The fourth-order valence-corrected chi connectivity index (χ4v) is 4.21. The van der Waals surface area contributed by atoms with Gasteiger partial charge in [-0.1, -0.05) is 0 Å². The first-order chi connectivity index (χ1) is 15.2. The number of thiazole rings is 1. The van der Waals surface area contributed by atoms with Crippen molar-refractivity contribution in [2.75, 3.05) is 32.8 Å². The van der Waals surface area contributed by atoms with Crippen LogP contribution in [0.4, 0.5) is 13.2 Å². The third-order valence-corrected chi connectivity index (χ3v) is 5.80. The number of rotatable bonds is 5. The van der Waals surface area contributed by atoms with Crippen molar-refractivity contribution in [1.29, 1.82) is 0 Å². The van der Waals surface area contributed by atoms with Crippen LogP contribution in [0.2, 0.25) is 0 Å². The lowest BCUT2D eigenvalue weighted by Gasteiger charge is -2.36. The number of carboxylic acid groups (broad SMARTS) is 1. The summed E-state index contributed by atoms with van der Waals surface area (Å²) < 4.78 is 39.3. The van der Waals surface area contributed by atoms with Gasteiger partial charge in [0.25, 0.3) is 5.91 Å². The van der Waals surface area contributed by atoms with E-state index >= 15 is 0 Å². The van der Waals surface area contributed by atoms with Gasteiger partial charge in [0, 0.05) is 51.0 Å². The molecule has 1 atom stereocenters. The second kappa shape index (κ2) is 10.9. The number of nitrogens with one attached hydrogen (secondary N) is 1. The average Bonchev–Trinajstić information content (AvgIpc) is 3.44. The molecule has 0 aliphatic carbocycles. The lowest BCUT2D eigenvalue weighted by atomic mass is 9.99. The van der Waals surface area contributed by atoms with Crippen molar-refractivity contribution in [2.45, 2.75) is 31.6 Å². The van der Waals surface area contributed by atoms with E-state index < -0.39 is 12.1 Å². The van der Waals surface area contributed by atoms with Crippen LogP contribution in [-0.2, 0) is 16.1 Å². The number of nitrogens with zero attached hydrogens (tertiary/aromatic N) is 4. The molecule has 2 aliphatic heterocycles. The van der Waals surface area contributed by atoms with Crippen LogP contribution in [0.5, 0.6) is 0 Å². The van der Waals surface area contributed by atoms with Gasteiger partial charge < -0.3 is 15.2 Å². The number of aromatic nitrogens is 3. The Hall–Kier alpha value is -2.51. The van der Waals surface area contributed by atoms with Crippen molar-refractivity contribution >= 4 is 23.2 Å². The monoisotopic (exact) mass is 475 g/mol. The Morgan fingerprint density at radius 1 is 1.31 bits per heavy atom. The van der Waals surface area contributed by atoms with Gasteiger partial charge in [-0.05, 0) is 24.8 Å². The number of hydrogen-bond acceptors (Lipinski definition) is 7. The average molecular weight is 475 g/mol. The second-order valence-corrected chi connectivity index (χ2v) is 8.28. The highest BCUT2D eigenvalue weighted by molar-refractivity contribution is 7.07. The molecular weight excluding hydrogens is 451 g/mol. The van der Waals surface area contributed by atoms with E-state index in [0.29, 0.717) is 18.2 Å². The van der Waals surface area contributed by atoms with Crippen molar-refractivity contribution in [3.05, 3.63) is 34.5 Å². The Morgan fingerprint density at radius 3 is 2.66 bits per heavy atom. The van der Waals surface area contributed by atoms with Crippen molar-refractivity contribution < 1.29 is 32.6 Å². The molecule has 32 heavy (non-hydrogen) atoms. The molecule has 1 amide bonds. The van der Waals surface area contributed by atoms with E-state index in [-0.39, 0.29) is 11.9 Å². The quantitative estimate of drug-likeness (QED) is 0.682. The molecule has 2 aliphatic rings. The fraction of sp³-hybridized carbons (Fsp3) is 0.579. The summed E-state index contributed by atoms with van der Waals surface area (Å²) in [5.74, 6) is -2.17. The first-order valence-corrected chi connectivity index (χ1v) is 11.0. The summed E-state index contributed by atoms with van der Waals surface area (Å²) in [6.45, 7) is 5.24. The van der Waals surface area contributed by atoms with E-state index in [9.17, 15) is 18.0 Å². The zero-order chi connectivity index (χ0) is 23.1. The van der Waals surface area contributed by atoms with Crippen LogP contribution in [0.1, 0.15) is 35.1 Å². The number of halogens is 3. The Morgan fingerprint density at radius 2 is 2.03 bits per heavy atom. The molecule has 176 valence electrons. The highest BCUT2D eigenvalue weighted by atomic mass is 32.1. The molecule has 2 N–H and O–H groups in total. The van der Waals surface area contributed by atoms with Crippen LogP contribution in [-0.4, -0.2) is 75.7 Å². The Kier molecular flexibility index (Phi) is 8.21. The first-order valence-electron chi connectivity index (χ1n) is 10.0. The van der Waals surface area contributed by atoms with Crippen molar-refractivity contribution in [1.82, 2.24) is 25.0 Å². The molecule has 2 aromatic rings. The molecule has 2 aromatic heterocycles. The third-order valence-electron chi connectivity index (χ3n) is 5.22. The van der Waals surface area contributed by atoms with E-state index in [1.807, 2.05) is 6.20 Å². The van der Waals surface area contributed by atoms with Crippen LogP contribution in [0.25, 0.3) is 0 Å². The van der Waals surface area contributed by atoms with Crippen LogP contribution in [0.15, 0.2) is 23.2 Å². The lowest BCUT2D eigenvalue weighted by Crippen LogP contribution is -2.45. The van der Waals surface area contributed by atoms with Crippen LogP contribution in [0, 0.1) is 5.92 Å². The minimum atomic E-state index is -5.08. The van der Waals surface area contributed by atoms with Crippen molar-refractivity contribution in [3.63, 3.8) is 0 Å². The molecule has 1 saturated heterocycles. The zero-order valence-corrected chi connectivity index (χ0v) is 17.9. The predicted molar refractivity (Wildman–Crippen MR) is 108 cm³/mol. The summed E-state index contributed by atoms with van der Waals surface area (Å²) in [5.41, 5.74) is 3.38. The van der Waals surface area contributed by atoms with E-state index in [1.165, 1.54) is 17.0 Å². The molecule has 0 radical (unpaired) electrons. The van der Waals surface area contributed by atoms with Gasteiger partial charge in [0.1, 0.15) is 5.69 Å². The number of fused-ring (bicyclic) bond motifs is 1. The van der Waals surface area contributed by atoms with E-state index in [2.05, 4.69) is 31.0 Å². The van der Waals surface area contributed by atoms with Gasteiger partial charge in [0.05, 0.1) is 17.2 Å². The molecule has 0 aromatic carbocycles. The molecule has 1 fully saturated rings. The van der Waals surface area contributed by atoms with Crippen molar-refractivity contribution in [3.8, 4) is 0 Å². The maximum Gasteiger partial charge on any atom is 0.490 e. The Labute approximate surface area is 186 Å². The predicted octanol–water partition coefficient (Wildman–Crippen LogP) is 2.19. The summed E-state index contributed by atoms with van der Waals surface area (Å²) in [7, 11) is 0. The molecule has 1 unspecified atom stereocenters. The smallest absolute Gasteiger partial charge is 0.475 e. The van der Waals surface area contributed by atoms with E-state index in [0.717, 1.165) is 45.7 Å². The minimum Gasteiger partial charge on any atom is -0.475 e. The van der Waals surface area contributed by atoms with Crippen LogP contribution < -0.4 is 5.32 Å². The number of ether oxygens (including phenoxy) is 1. The number of alkyl halides is 3. The molecule has 0 saturated carbocycles. The number of carbonyl (C=O) groups is 2. The van der Waals surface area contributed by atoms with Crippen LogP contribution >= 0.6 is 11.3 Å². The molecule has 0 bridgehead atoms. The maximum absolute atomic E-state index is 12.2. The van der Waals surface area contributed by atoms with Gasteiger partial charge in [-0.25, -0.2) is 9.78 Å². The maximum atomic E-state index is 12.2. The number of aliphatic carboxylic acids is 1. The molecule has 13 heteroatoms. The minimum absolute atomic E-state index is 0.114. The van der Waals surface area contributed by atoms with Gasteiger partial charge in [0.15, 0.2) is 0 Å².